The molecule has 4 nitrogen and oxygen atoms in total. The third-order valence-electron chi connectivity index (χ3n) is 3.13. The number of carboxylic acid groups (broad SMARTS) is 1. The van der Waals surface area contributed by atoms with E-state index >= 15 is 0 Å². The lowest BCUT2D eigenvalue weighted by Crippen LogP contribution is -2.32. The van der Waals surface area contributed by atoms with Gasteiger partial charge in [0.25, 0.3) is 0 Å². The van der Waals surface area contributed by atoms with E-state index in [0.29, 0.717) is 12.0 Å². The van der Waals surface area contributed by atoms with Crippen molar-refractivity contribution in [3.05, 3.63) is 29.6 Å². The third kappa shape index (κ3) is 1.51. The summed E-state index contributed by atoms with van der Waals surface area (Å²) in [6, 6.07) is 1.71. The van der Waals surface area contributed by atoms with Crippen LogP contribution in [0.15, 0.2) is 18.5 Å². The molecular weight excluding hydrogens is 194 g/mol. The smallest absolute Gasteiger partial charge is 0.306 e. The number of rotatable bonds is 2. The summed E-state index contributed by atoms with van der Waals surface area (Å²) in [7, 11) is 0. The highest BCUT2D eigenvalue weighted by Gasteiger charge is 2.44. The molecule has 0 radical (unpaired) electrons. The Morgan fingerprint density at radius 1 is 1.73 bits per heavy atom. The summed E-state index contributed by atoms with van der Waals surface area (Å²) in [5.74, 6) is -1.05. The summed E-state index contributed by atoms with van der Waals surface area (Å²) < 4.78 is 0. The highest BCUT2D eigenvalue weighted by atomic mass is 16.4. The molecular formula is C11H13NO3. The van der Waals surface area contributed by atoms with Crippen LogP contribution in [0.3, 0.4) is 0 Å². The zero-order valence-corrected chi connectivity index (χ0v) is 8.47. The quantitative estimate of drug-likeness (QED) is 0.757. The molecule has 2 N–H and O–H groups in total. The molecule has 15 heavy (non-hydrogen) atoms. The minimum Gasteiger partial charge on any atom is -0.481 e. The largest absolute Gasteiger partial charge is 0.481 e. The number of nitrogens with zero attached hydrogens (tertiary/aromatic N) is 1. The van der Waals surface area contributed by atoms with Crippen molar-refractivity contribution < 1.29 is 15.0 Å². The maximum absolute atomic E-state index is 10.7. The first-order valence-electron chi connectivity index (χ1n) is 4.91. The van der Waals surface area contributed by atoms with Crippen molar-refractivity contribution in [3.8, 4) is 0 Å². The van der Waals surface area contributed by atoms with Gasteiger partial charge < -0.3 is 10.2 Å². The van der Waals surface area contributed by atoms with Gasteiger partial charge in [-0.05, 0) is 29.5 Å². The predicted molar refractivity (Wildman–Crippen MR) is 53.3 cm³/mol. The van der Waals surface area contributed by atoms with Gasteiger partial charge in [-0.25, -0.2) is 0 Å². The molecule has 1 aromatic heterocycles. The zero-order chi connectivity index (χ0) is 11.1. The van der Waals surface area contributed by atoms with Crippen LogP contribution in [0.1, 0.15) is 24.5 Å². The molecule has 0 amide bonds. The first-order valence-corrected chi connectivity index (χ1v) is 4.91. The molecule has 0 aromatic carbocycles. The van der Waals surface area contributed by atoms with E-state index < -0.39 is 11.6 Å². The molecule has 0 bridgehead atoms. The first kappa shape index (κ1) is 10.1. The number of hydrogen-bond acceptors (Lipinski definition) is 3. The summed E-state index contributed by atoms with van der Waals surface area (Å²) >= 11 is 0. The maximum atomic E-state index is 10.7. The van der Waals surface area contributed by atoms with Crippen LogP contribution in [-0.2, 0) is 16.8 Å². The highest BCUT2D eigenvalue weighted by Crippen LogP contribution is 2.43. The molecule has 4 heteroatoms. The van der Waals surface area contributed by atoms with Crippen molar-refractivity contribution in [2.45, 2.75) is 25.4 Å². The fraction of sp³-hybridized carbons (Fsp3) is 0.455. The van der Waals surface area contributed by atoms with Crippen LogP contribution >= 0.6 is 0 Å². The lowest BCUT2D eigenvalue weighted by atomic mass is 9.86. The molecule has 0 spiro atoms. The molecule has 0 saturated carbocycles. The summed E-state index contributed by atoms with van der Waals surface area (Å²) in [6.07, 6.45) is 3.73. The van der Waals surface area contributed by atoms with Gasteiger partial charge >= 0.3 is 5.97 Å². The molecule has 0 aliphatic heterocycles. The first-order chi connectivity index (χ1) is 7.04. The van der Waals surface area contributed by atoms with E-state index in [1.165, 1.54) is 0 Å². The van der Waals surface area contributed by atoms with Gasteiger partial charge in [0.2, 0.25) is 0 Å². The fourth-order valence-electron chi connectivity index (χ4n) is 2.28. The van der Waals surface area contributed by atoms with Gasteiger partial charge in [0.1, 0.15) is 5.60 Å². The molecule has 0 fully saturated rings. The number of carbonyl (C=O) groups is 1. The molecule has 80 valence electrons. The average molecular weight is 207 g/mol. The van der Waals surface area contributed by atoms with E-state index in [1.54, 1.807) is 18.5 Å². The second kappa shape index (κ2) is 3.31. The average Bonchev–Trinajstić information content (AvgIpc) is 2.39. The molecule has 2 rings (SSSR count). The zero-order valence-electron chi connectivity index (χ0n) is 8.47. The van der Waals surface area contributed by atoms with Crippen LogP contribution in [0.5, 0.6) is 0 Å². The van der Waals surface area contributed by atoms with Gasteiger partial charge in [0.15, 0.2) is 0 Å². The van der Waals surface area contributed by atoms with E-state index in [-0.39, 0.29) is 12.3 Å². The van der Waals surface area contributed by atoms with E-state index in [1.807, 2.05) is 6.92 Å². The summed E-state index contributed by atoms with van der Waals surface area (Å²) in [6.45, 7) is 1.86. The second-order valence-corrected chi connectivity index (χ2v) is 4.13. The Balaban J connectivity index is 2.44. The predicted octanol–water partition coefficient (Wildman–Crippen LogP) is 0.936. The Hall–Kier alpha value is -1.42. The molecule has 0 saturated heterocycles. The van der Waals surface area contributed by atoms with Crippen molar-refractivity contribution in [2.24, 2.45) is 5.92 Å². The van der Waals surface area contributed by atoms with E-state index in [9.17, 15) is 9.90 Å². The van der Waals surface area contributed by atoms with Crippen LogP contribution in [-0.4, -0.2) is 21.2 Å². The Morgan fingerprint density at radius 3 is 3.13 bits per heavy atom. The maximum Gasteiger partial charge on any atom is 0.306 e. The number of aromatic nitrogens is 1. The van der Waals surface area contributed by atoms with Gasteiger partial charge in [0.05, 0.1) is 6.42 Å². The molecule has 1 aliphatic rings. The lowest BCUT2D eigenvalue weighted by molar-refractivity contribution is -0.144. The number of aliphatic carboxylic acids is 1. The minimum atomic E-state index is -1.23. The van der Waals surface area contributed by atoms with Crippen molar-refractivity contribution in [2.75, 3.05) is 0 Å². The molecule has 1 aromatic rings. The Bertz CT molecular complexity index is 405. The summed E-state index contributed by atoms with van der Waals surface area (Å²) in [5, 5.41) is 19.2. The summed E-state index contributed by atoms with van der Waals surface area (Å²) in [5.41, 5.74) is 0.436. The highest BCUT2D eigenvalue weighted by molar-refractivity contribution is 5.69. The monoisotopic (exact) mass is 207 g/mol. The SMILES string of the molecule is CC1Cc2cnccc2C1(O)CC(=O)O. The number of pyridine rings is 1. The van der Waals surface area contributed by atoms with Crippen LogP contribution < -0.4 is 0 Å². The molecule has 1 heterocycles. The van der Waals surface area contributed by atoms with Gasteiger partial charge in [-0.2, -0.15) is 0 Å². The van der Waals surface area contributed by atoms with Crippen molar-refractivity contribution in [1.82, 2.24) is 4.98 Å². The van der Waals surface area contributed by atoms with Crippen molar-refractivity contribution in [3.63, 3.8) is 0 Å². The lowest BCUT2D eigenvalue weighted by Gasteiger charge is -2.26. The van der Waals surface area contributed by atoms with Crippen molar-refractivity contribution in [1.29, 1.82) is 0 Å². The number of carboxylic acids is 1. The Labute approximate surface area is 87.6 Å². The van der Waals surface area contributed by atoms with E-state index in [0.717, 1.165) is 5.56 Å². The van der Waals surface area contributed by atoms with Crippen LogP contribution in [0, 0.1) is 5.92 Å². The third-order valence-corrected chi connectivity index (χ3v) is 3.13. The Morgan fingerprint density at radius 2 is 2.47 bits per heavy atom. The molecule has 1 aliphatic carbocycles. The number of hydrogen-bond donors (Lipinski definition) is 2. The molecule has 2 unspecified atom stereocenters. The van der Waals surface area contributed by atoms with Crippen molar-refractivity contribution >= 4 is 5.97 Å². The van der Waals surface area contributed by atoms with Crippen LogP contribution in [0.4, 0.5) is 0 Å². The summed E-state index contributed by atoms with van der Waals surface area (Å²) in [4.78, 5) is 14.7. The topological polar surface area (TPSA) is 70.4 Å². The van der Waals surface area contributed by atoms with E-state index in [4.69, 9.17) is 5.11 Å². The molecule has 2 atom stereocenters. The van der Waals surface area contributed by atoms with Gasteiger partial charge in [0, 0.05) is 12.4 Å². The second-order valence-electron chi connectivity index (χ2n) is 4.13. The van der Waals surface area contributed by atoms with Gasteiger partial charge in [-0.15, -0.1) is 0 Å². The fourth-order valence-corrected chi connectivity index (χ4v) is 2.28. The van der Waals surface area contributed by atoms with Gasteiger partial charge in [-0.1, -0.05) is 6.92 Å². The minimum absolute atomic E-state index is 0.0761. The van der Waals surface area contributed by atoms with Crippen LogP contribution in [0.2, 0.25) is 0 Å². The van der Waals surface area contributed by atoms with Gasteiger partial charge in [-0.3, -0.25) is 9.78 Å². The number of fused-ring (bicyclic) bond motifs is 1. The standard InChI is InChI=1S/C11H13NO3/c1-7-4-8-6-12-3-2-9(8)11(7,15)5-10(13)14/h2-3,6-7,15H,4-5H2,1H3,(H,13,14). The Kier molecular flexibility index (Phi) is 2.23. The number of aliphatic hydroxyl groups is 1. The van der Waals surface area contributed by atoms with E-state index in [2.05, 4.69) is 4.98 Å². The van der Waals surface area contributed by atoms with Crippen LogP contribution in [0.25, 0.3) is 0 Å². The normalized spacial score (nSPS) is 28.8.